The highest BCUT2D eigenvalue weighted by Gasteiger charge is 2.04. The first kappa shape index (κ1) is 12.8. The lowest BCUT2D eigenvalue weighted by Crippen LogP contribution is -2.01. The Labute approximate surface area is 112 Å². The van der Waals surface area contributed by atoms with Gasteiger partial charge in [0, 0.05) is 0 Å². The average molecular weight is 251 g/mol. The highest BCUT2D eigenvalue weighted by molar-refractivity contribution is 5.89. The van der Waals surface area contributed by atoms with Crippen LogP contribution in [-0.4, -0.2) is 13.1 Å². The van der Waals surface area contributed by atoms with E-state index < -0.39 is 0 Å². The van der Waals surface area contributed by atoms with E-state index in [1.54, 1.807) is 18.2 Å². The van der Waals surface area contributed by atoms with Gasteiger partial charge >= 0.3 is 5.97 Å². The Morgan fingerprint density at radius 1 is 1.16 bits per heavy atom. The normalized spacial score (nSPS) is 9.68. The van der Waals surface area contributed by atoms with Gasteiger partial charge in [-0.15, -0.1) is 0 Å². The number of rotatable bonds is 3. The lowest BCUT2D eigenvalue weighted by atomic mass is 10.0. The predicted octanol–water partition coefficient (Wildman–Crippen LogP) is 2.94. The van der Waals surface area contributed by atoms with Crippen LogP contribution in [-0.2, 0) is 11.2 Å². The van der Waals surface area contributed by atoms with Crippen molar-refractivity contribution in [2.24, 2.45) is 0 Å². The molecule has 0 fully saturated rings. The summed E-state index contributed by atoms with van der Waals surface area (Å²) >= 11 is 0. The fraction of sp³-hybridized carbons (Fsp3) is 0.125. The van der Waals surface area contributed by atoms with Gasteiger partial charge in [0.1, 0.15) is 0 Å². The third-order valence-corrected chi connectivity index (χ3v) is 2.84. The van der Waals surface area contributed by atoms with Crippen molar-refractivity contribution >= 4 is 5.97 Å². The van der Waals surface area contributed by atoms with Crippen molar-refractivity contribution in [1.82, 2.24) is 0 Å². The molecule has 0 spiro atoms. The number of hydrogen-bond acceptors (Lipinski definition) is 3. The van der Waals surface area contributed by atoms with Crippen molar-refractivity contribution < 1.29 is 9.53 Å². The Kier molecular flexibility index (Phi) is 3.94. The number of methoxy groups -OCH3 is 1. The Hall–Kier alpha value is -2.60. The zero-order chi connectivity index (χ0) is 13.7. The maximum absolute atomic E-state index is 11.3. The number of hydrogen-bond donors (Lipinski definition) is 0. The van der Waals surface area contributed by atoms with Crippen molar-refractivity contribution in [3.63, 3.8) is 0 Å². The van der Waals surface area contributed by atoms with E-state index >= 15 is 0 Å². The summed E-state index contributed by atoms with van der Waals surface area (Å²) < 4.78 is 4.65. The van der Waals surface area contributed by atoms with Crippen LogP contribution >= 0.6 is 0 Å². The summed E-state index contributed by atoms with van der Waals surface area (Å²) in [6, 6.07) is 16.9. The van der Waals surface area contributed by atoms with Gasteiger partial charge in [0.15, 0.2) is 0 Å². The molecule has 0 aliphatic rings. The molecule has 3 nitrogen and oxygen atoms in total. The summed E-state index contributed by atoms with van der Waals surface area (Å²) in [5.41, 5.74) is 3.35. The Bertz CT molecular complexity index is 624. The number of ether oxygens (including phenoxy) is 1. The molecule has 2 aromatic rings. The molecule has 0 aliphatic carbocycles. The van der Waals surface area contributed by atoms with Gasteiger partial charge in [-0.05, 0) is 41.8 Å². The lowest BCUT2D eigenvalue weighted by molar-refractivity contribution is 0.0600. The van der Waals surface area contributed by atoms with E-state index in [1.807, 2.05) is 30.3 Å². The van der Waals surface area contributed by atoms with Gasteiger partial charge in [0.25, 0.3) is 0 Å². The van der Waals surface area contributed by atoms with Crippen LogP contribution in [0.25, 0.3) is 0 Å². The van der Waals surface area contributed by atoms with Gasteiger partial charge < -0.3 is 4.74 Å². The van der Waals surface area contributed by atoms with Crippen molar-refractivity contribution in [1.29, 1.82) is 5.26 Å². The first-order valence-electron chi connectivity index (χ1n) is 5.89. The highest BCUT2D eigenvalue weighted by Crippen LogP contribution is 2.12. The van der Waals surface area contributed by atoms with Crippen molar-refractivity contribution in [2.45, 2.75) is 6.42 Å². The predicted molar refractivity (Wildman–Crippen MR) is 71.7 cm³/mol. The summed E-state index contributed by atoms with van der Waals surface area (Å²) in [5.74, 6) is -0.335. The summed E-state index contributed by atoms with van der Waals surface area (Å²) in [4.78, 5) is 11.3. The molecule has 0 aliphatic heterocycles. The zero-order valence-corrected chi connectivity index (χ0v) is 10.6. The smallest absolute Gasteiger partial charge is 0.337 e. The lowest BCUT2D eigenvalue weighted by Gasteiger charge is -2.04. The minimum absolute atomic E-state index is 0.335. The summed E-state index contributed by atoms with van der Waals surface area (Å²) in [6.07, 6.45) is 0.733. The Balaban J connectivity index is 2.15. The van der Waals surface area contributed by atoms with Crippen molar-refractivity contribution in [3.05, 3.63) is 70.8 Å². The standard InChI is InChI=1S/C16H13NO2/c1-19-16(18)15-7-5-12(6-8-15)9-13-3-2-4-14(10-13)11-17/h2-8,10H,9H2,1H3. The quantitative estimate of drug-likeness (QED) is 0.788. The molecule has 0 heterocycles. The van der Waals surface area contributed by atoms with Crippen LogP contribution in [0.1, 0.15) is 27.0 Å². The fourth-order valence-corrected chi connectivity index (χ4v) is 1.86. The van der Waals surface area contributed by atoms with Gasteiger partial charge in [0.05, 0.1) is 24.3 Å². The minimum atomic E-state index is -0.335. The maximum atomic E-state index is 11.3. The Morgan fingerprint density at radius 3 is 2.53 bits per heavy atom. The number of nitriles is 1. The van der Waals surface area contributed by atoms with Crippen LogP contribution in [0.15, 0.2) is 48.5 Å². The molecule has 2 rings (SSSR count). The van der Waals surface area contributed by atoms with Crippen LogP contribution < -0.4 is 0 Å². The molecule has 0 N–H and O–H groups in total. The summed E-state index contributed by atoms with van der Waals surface area (Å²) in [7, 11) is 1.36. The van der Waals surface area contributed by atoms with E-state index in [0.29, 0.717) is 11.1 Å². The SMILES string of the molecule is COC(=O)c1ccc(Cc2cccc(C#N)c2)cc1. The third kappa shape index (κ3) is 3.20. The fourth-order valence-electron chi connectivity index (χ4n) is 1.86. The van der Waals surface area contributed by atoms with E-state index in [9.17, 15) is 4.79 Å². The number of esters is 1. The van der Waals surface area contributed by atoms with Gasteiger partial charge in [0.2, 0.25) is 0 Å². The van der Waals surface area contributed by atoms with Gasteiger partial charge in [-0.1, -0.05) is 24.3 Å². The van der Waals surface area contributed by atoms with E-state index in [2.05, 4.69) is 10.8 Å². The summed E-state index contributed by atoms with van der Waals surface area (Å²) in [6.45, 7) is 0. The van der Waals surface area contributed by atoms with E-state index in [1.165, 1.54) is 7.11 Å². The van der Waals surface area contributed by atoms with Crippen LogP contribution in [0.5, 0.6) is 0 Å². The molecule has 0 bridgehead atoms. The zero-order valence-electron chi connectivity index (χ0n) is 10.6. The van der Waals surface area contributed by atoms with Crippen LogP contribution in [0.3, 0.4) is 0 Å². The van der Waals surface area contributed by atoms with Crippen LogP contribution in [0, 0.1) is 11.3 Å². The molecule has 2 aromatic carbocycles. The molecular weight excluding hydrogens is 238 g/mol. The minimum Gasteiger partial charge on any atom is -0.465 e. The van der Waals surface area contributed by atoms with Gasteiger partial charge in [-0.3, -0.25) is 0 Å². The molecular formula is C16H13NO2. The van der Waals surface area contributed by atoms with E-state index in [4.69, 9.17) is 5.26 Å². The van der Waals surface area contributed by atoms with Crippen LogP contribution in [0.4, 0.5) is 0 Å². The van der Waals surface area contributed by atoms with Crippen molar-refractivity contribution in [2.75, 3.05) is 7.11 Å². The molecule has 0 aromatic heterocycles. The Morgan fingerprint density at radius 2 is 1.89 bits per heavy atom. The summed E-state index contributed by atoms with van der Waals surface area (Å²) in [5, 5.41) is 8.85. The molecule has 19 heavy (non-hydrogen) atoms. The molecule has 0 unspecified atom stereocenters. The monoisotopic (exact) mass is 251 g/mol. The highest BCUT2D eigenvalue weighted by atomic mass is 16.5. The maximum Gasteiger partial charge on any atom is 0.337 e. The first-order valence-corrected chi connectivity index (χ1v) is 5.89. The second kappa shape index (κ2) is 5.83. The number of carbonyl (C=O) groups is 1. The first-order chi connectivity index (χ1) is 9.22. The molecule has 94 valence electrons. The second-order valence-corrected chi connectivity index (χ2v) is 4.18. The number of benzene rings is 2. The topological polar surface area (TPSA) is 50.1 Å². The van der Waals surface area contributed by atoms with Crippen molar-refractivity contribution in [3.8, 4) is 6.07 Å². The molecule has 3 heteroatoms. The number of nitrogens with zero attached hydrogens (tertiary/aromatic N) is 1. The average Bonchev–Trinajstić information content (AvgIpc) is 2.47. The molecule has 0 radical (unpaired) electrons. The molecule has 0 atom stereocenters. The van der Waals surface area contributed by atoms with Crippen LogP contribution in [0.2, 0.25) is 0 Å². The molecule has 0 saturated heterocycles. The molecule has 0 amide bonds. The molecule has 0 saturated carbocycles. The largest absolute Gasteiger partial charge is 0.465 e. The third-order valence-electron chi connectivity index (χ3n) is 2.84. The van der Waals surface area contributed by atoms with Gasteiger partial charge in [-0.2, -0.15) is 5.26 Å². The second-order valence-electron chi connectivity index (χ2n) is 4.18. The number of carbonyl (C=O) groups excluding carboxylic acids is 1. The van der Waals surface area contributed by atoms with E-state index in [0.717, 1.165) is 17.5 Å². The van der Waals surface area contributed by atoms with E-state index in [-0.39, 0.29) is 5.97 Å². The van der Waals surface area contributed by atoms with Gasteiger partial charge in [-0.25, -0.2) is 4.79 Å².